The number of thiol groups is 1. The average molecular weight is 2360 g/mol. The van der Waals surface area contributed by atoms with E-state index in [-0.39, 0.29) is 141 Å². The molecule has 7 aliphatic rings. The first-order valence-corrected chi connectivity index (χ1v) is 63.1. The Kier molecular flexibility index (Phi) is 31.4. The average Bonchev–Trinajstić information content (AvgIpc) is 1.55. The maximum Gasteiger partial charge on any atom is 0.386 e. The molecule has 7 saturated heterocycles. The van der Waals surface area contributed by atoms with E-state index in [1.807, 2.05) is 6.92 Å². The molecule has 808 valence electrons. The molecule has 7 fully saturated rings. The van der Waals surface area contributed by atoms with Crippen LogP contribution < -0.4 is 56.8 Å². The molecule has 0 radical (unpaired) electrons. The number of ether oxygens (including phenoxy) is 7. The largest absolute Gasteiger partial charge is 0.386 e. The van der Waals surface area contributed by atoms with Gasteiger partial charge in [-0.3, -0.25) is 70.4 Å². The summed E-state index contributed by atoms with van der Waals surface area (Å²) < 4.78 is 155. The molecule has 13 aromatic rings. The predicted octanol–water partition coefficient (Wildman–Crippen LogP) is 2.17. The van der Waals surface area contributed by atoms with Crippen molar-refractivity contribution in [1.29, 1.82) is 0 Å². The highest BCUT2D eigenvalue weighted by Gasteiger charge is 2.52. The van der Waals surface area contributed by atoms with Crippen LogP contribution >= 0.6 is 59.4 Å². The van der Waals surface area contributed by atoms with Gasteiger partial charge in [0.1, 0.15) is 134 Å². The summed E-state index contributed by atoms with van der Waals surface area (Å²) in [5.41, 5.74) is 35.3. The predicted molar refractivity (Wildman–Crippen MR) is 543 cm³/mol. The van der Waals surface area contributed by atoms with Crippen LogP contribution in [0.15, 0.2) is 88.6 Å². The maximum atomic E-state index is 15.0. The molecular weight excluding hydrogens is 2270 g/mol. The number of aromatic amines is 3. The Morgan fingerprint density at radius 3 is 0.880 bits per heavy atom. The SMILES string of the molecule is CC[C@H]1O[C@@H](n2cnc3c(N)ncnc32)CC1OP(O)(=S)OC[C@H]1O[C@@H](n2cnc3c(=O)[nH]c(N)nc32)CC1OP(=O)(S)OC[C@H]1O[C@@H](n2cc(C)c(=O)[nH]c2=O)CC1OP(O)(=S)OC[C@H]1O[C@@H](n2cnc3c(N)ncnc32)CC1OP(O)(=S)OC[C@H]1O[C@@H](n2cnc3c(N)ncnc32)CC1OP(O)(=S)OC[C@H]1O[C@@H](n2cnc3c(N)ncnc32)CC1OP(O)(=S)OC[C@H]1O[C@@H](n2cnc3c(=O)[nH]c(N)nc32)CC1OP(O)(=S)OC. The van der Waals surface area contributed by atoms with Crippen LogP contribution in [0.1, 0.15) is 107 Å². The number of aromatic nitrogens is 26. The zero-order valence-electron chi connectivity index (χ0n) is 77.4. The van der Waals surface area contributed by atoms with Gasteiger partial charge in [0.25, 0.3) is 16.7 Å². The number of nitrogens with zero attached hydrogens (tertiary/aromatic N) is 23. The molecular formula is C72H91N32O32P7S7. The summed E-state index contributed by atoms with van der Waals surface area (Å²) in [4.78, 5) is 199. The van der Waals surface area contributed by atoms with Gasteiger partial charge in [-0.2, -0.15) is 9.97 Å². The lowest BCUT2D eigenvalue weighted by Crippen LogP contribution is -2.33. The summed E-state index contributed by atoms with van der Waals surface area (Å²) in [6.45, 7) is -32.4. The standard InChI is InChI=1S/C72H91N32O32P7S7/c1-4-30-31(5-45(123-30)99-23-87-51-57(73)79-19-83-61(51)99)131-138(110,145)117-18-43-37(11-50(129-43)104-28-92-56-66(104)94-71(78)96-69(56)107)136-141(113,148)119-14-39-33(6-44(124-39)98-12-29(2)67(105)97-72(98)108)132-139(111,146)120-15-40-35(9-47(125-40)101-25-89-53-59(75)81-21-85-63(53)101)134-142(114,149)122-17-42-36(10-48(127-42)102-26-90-54-60(76)82-22-86-64(54)102)135-143(115,150)121-16-41-34(8-46(126-41)100-24-88-52-58(74)80-20-84-62(52)100)133-140(112,147)118-13-38-32(130-137(109,144)116-3)7-49(128-38)103-27-91-55-65(103)93-70(77)95-68(55)106/h12,19-28,30-50H,4-11,13-18H2,1-3H3,(H,109,144)(H,110,145)(H,111,146)(H,112,147)(H,113,148)(H,114,149)(H,115,150)(H2,73,79,83)(H2,74,80,84)(H2,75,81,85)(H2,76,82,86)(H,97,105,108)(H3,77,93,95,106)(H3,78,94,96,107)/t30-,31?,32?,33?,34?,35?,36?,37?,38-,39-,40-,41-,42-,43-,44-,45-,46-,47-,48-,49-,50-,137?,138?,139?,140?,141?,142?,143?/m1/s1. The van der Waals surface area contributed by atoms with Gasteiger partial charge in [-0.15, -0.1) is 0 Å². The van der Waals surface area contributed by atoms with Gasteiger partial charge in [0.2, 0.25) is 11.9 Å². The first-order valence-electron chi connectivity index (χ1n) is 44.8. The molecule has 0 saturated carbocycles. The number of anilines is 6. The van der Waals surface area contributed by atoms with Gasteiger partial charge in [0.05, 0.1) is 120 Å². The lowest BCUT2D eigenvalue weighted by Gasteiger charge is -2.28. The summed E-state index contributed by atoms with van der Waals surface area (Å²) in [5, 5.41) is 0. The van der Waals surface area contributed by atoms with Crippen molar-refractivity contribution in [3.63, 3.8) is 0 Å². The molecule has 20 heterocycles. The van der Waals surface area contributed by atoms with Gasteiger partial charge in [-0.05, 0) is 84.2 Å². The summed E-state index contributed by atoms with van der Waals surface area (Å²) in [6, 6.07) is 0. The van der Waals surface area contributed by atoms with Crippen LogP contribution in [-0.2, 0) is 172 Å². The van der Waals surface area contributed by atoms with E-state index >= 15 is 0 Å². The van der Waals surface area contributed by atoms with E-state index in [0.717, 1.165) is 11.7 Å². The number of fused-ring (bicyclic) bond motifs is 6. The number of nitrogens with two attached hydrogens (primary N) is 6. The van der Waals surface area contributed by atoms with Crippen molar-refractivity contribution in [3.05, 3.63) is 117 Å². The molecule has 28 atom stereocenters. The third-order valence-corrected chi connectivity index (χ3v) is 36.2. The Bertz CT molecular complexity index is 7960. The summed E-state index contributed by atoms with van der Waals surface area (Å²) in [5.74, 6) is -0.323. The van der Waals surface area contributed by atoms with Gasteiger partial charge in [-0.25, -0.2) is 79.1 Å². The minimum absolute atomic E-state index is 0.00567. The Hall–Kier alpha value is -8.22. The molecule has 0 aliphatic carbocycles. The summed E-state index contributed by atoms with van der Waals surface area (Å²) >= 11 is 38.2. The van der Waals surface area contributed by atoms with Crippen molar-refractivity contribution in [3.8, 4) is 0 Å². The number of imidazole rings is 6. The Morgan fingerprint density at radius 2 is 0.593 bits per heavy atom. The fraction of sp³-hybridized carbons (Fsp3) is 0.528. The number of rotatable bonds is 41. The van der Waals surface area contributed by atoms with Crippen LogP contribution in [0.5, 0.6) is 0 Å². The molecule has 13 aromatic heterocycles. The van der Waals surface area contributed by atoms with Crippen LogP contribution in [-0.4, -0.2) is 288 Å². The zero-order chi connectivity index (χ0) is 106. The molecule has 0 aromatic carbocycles. The first kappa shape index (κ1) is 109. The number of aryl methyl sites for hydroxylation is 1. The summed E-state index contributed by atoms with van der Waals surface area (Å²) in [7, 11) is 1.14. The smallest absolute Gasteiger partial charge is 0.382 e. The molecule has 7 aliphatic heterocycles. The lowest BCUT2D eigenvalue weighted by atomic mass is 10.1. The van der Waals surface area contributed by atoms with Crippen LogP contribution in [0.25, 0.3) is 67.0 Å². The number of hydrogen-bond acceptors (Lipinski definition) is 54. The maximum absolute atomic E-state index is 15.0. The van der Waals surface area contributed by atoms with Crippen molar-refractivity contribution >= 4 is 232 Å². The second-order valence-corrected chi connectivity index (χ2v) is 54.3. The fourth-order valence-corrected chi connectivity index (χ4v) is 27.9. The molecule has 20 rings (SSSR count). The van der Waals surface area contributed by atoms with Crippen LogP contribution in [0.3, 0.4) is 0 Å². The Balaban J connectivity index is 0.521. The van der Waals surface area contributed by atoms with Gasteiger partial charge in [0, 0.05) is 63.8 Å². The van der Waals surface area contributed by atoms with E-state index in [2.05, 4.69) is 107 Å². The fourth-order valence-electron chi connectivity index (χ4n) is 18.0. The normalized spacial score (nSPS) is 29.1. The van der Waals surface area contributed by atoms with E-state index in [9.17, 15) is 53.1 Å². The molecule has 64 nitrogen and oxygen atoms in total. The second-order valence-electron chi connectivity index (χ2n) is 34.6. The number of nitrogens with one attached hydrogen (secondary N) is 3. The van der Waals surface area contributed by atoms with E-state index in [4.69, 9.17) is 202 Å². The van der Waals surface area contributed by atoms with Crippen molar-refractivity contribution in [2.24, 2.45) is 0 Å². The van der Waals surface area contributed by atoms with Crippen molar-refractivity contribution in [2.45, 2.75) is 194 Å². The molecule has 14 unspecified atom stereocenters. The van der Waals surface area contributed by atoms with E-state index in [0.29, 0.717) is 17.6 Å². The molecule has 150 heavy (non-hydrogen) atoms. The molecule has 0 amide bonds. The monoisotopic (exact) mass is 2360 g/mol. The Morgan fingerprint density at radius 1 is 0.347 bits per heavy atom. The molecule has 78 heteroatoms. The minimum atomic E-state index is -4.78. The highest BCUT2D eigenvalue weighted by molar-refractivity contribution is 8.44. The van der Waals surface area contributed by atoms with Crippen LogP contribution in [0.2, 0.25) is 0 Å². The van der Waals surface area contributed by atoms with Gasteiger partial charge in [0.15, 0.2) is 68.2 Å². The third kappa shape index (κ3) is 23.6. The molecule has 0 bridgehead atoms. The molecule has 0 spiro atoms. The number of hydrogen-bond donors (Lipinski definition) is 16. The topological polar surface area (TPSA) is 845 Å². The number of nitrogen functional groups attached to an aromatic ring is 6. The zero-order valence-corrected chi connectivity index (χ0v) is 89.5. The summed E-state index contributed by atoms with van der Waals surface area (Å²) in [6.07, 6.45) is -11.9. The quantitative estimate of drug-likeness (QED) is 0.0193. The highest BCUT2D eigenvalue weighted by Crippen LogP contribution is 2.61. The second kappa shape index (κ2) is 43.4. The van der Waals surface area contributed by atoms with Gasteiger partial charge < -0.3 is 151 Å². The highest BCUT2D eigenvalue weighted by atomic mass is 32.7. The number of H-pyrrole nitrogens is 3. The van der Waals surface area contributed by atoms with Crippen LogP contribution in [0, 0.1) is 6.92 Å². The minimum Gasteiger partial charge on any atom is -0.382 e. The van der Waals surface area contributed by atoms with Gasteiger partial charge >= 0.3 is 52.8 Å². The van der Waals surface area contributed by atoms with Crippen molar-refractivity contribution in [1.82, 2.24) is 127 Å². The van der Waals surface area contributed by atoms with Crippen molar-refractivity contribution < 1.29 is 130 Å². The van der Waals surface area contributed by atoms with Crippen molar-refractivity contribution in [2.75, 3.05) is 81.2 Å². The first-order chi connectivity index (χ1) is 71.3. The van der Waals surface area contributed by atoms with Crippen LogP contribution in [0.4, 0.5) is 35.2 Å². The Labute approximate surface area is 875 Å². The van der Waals surface area contributed by atoms with Gasteiger partial charge in [-0.1, -0.05) is 19.2 Å². The lowest BCUT2D eigenvalue weighted by molar-refractivity contribution is -0.0560. The third-order valence-electron chi connectivity index (χ3n) is 25.0. The van der Waals surface area contributed by atoms with E-state index in [1.54, 1.807) is 4.57 Å². The molecule has 21 N–H and O–H groups in total. The van der Waals surface area contributed by atoms with E-state index < -0.39 is 238 Å². The van der Waals surface area contributed by atoms with E-state index in [1.165, 1.54) is 99.2 Å².